The Kier molecular flexibility index (Phi) is 2.52. The molecular formula is C15H14N2O. The van der Waals surface area contributed by atoms with Crippen LogP contribution in [0.5, 0.6) is 5.75 Å². The molecule has 0 radical (unpaired) electrons. The van der Waals surface area contributed by atoms with Gasteiger partial charge in [-0.1, -0.05) is 0 Å². The van der Waals surface area contributed by atoms with Crippen molar-refractivity contribution in [1.82, 2.24) is 9.55 Å². The maximum Gasteiger partial charge on any atom is 0.140 e. The van der Waals surface area contributed by atoms with Gasteiger partial charge >= 0.3 is 0 Å². The minimum atomic E-state index is 0.871. The lowest BCUT2D eigenvalue weighted by atomic mass is 10.1. The van der Waals surface area contributed by atoms with Crippen LogP contribution < -0.4 is 4.74 Å². The maximum absolute atomic E-state index is 5.18. The molecule has 0 bridgehead atoms. The molecule has 3 rings (SSSR count). The third-order valence-corrected chi connectivity index (χ3v) is 3.17. The van der Waals surface area contributed by atoms with E-state index in [-0.39, 0.29) is 0 Å². The van der Waals surface area contributed by atoms with Gasteiger partial charge in [0, 0.05) is 18.6 Å². The summed E-state index contributed by atoms with van der Waals surface area (Å²) in [5.74, 6) is 0.871. The van der Waals surface area contributed by atoms with Crippen molar-refractivity contribution >= 4 is 11.0 Å². The average molecular weight is 238 g/mol. The number of methoxy groups -OCH3 is 1. The first-order chi connectivity index (χ1) is 8.79. The highest BCUT2D eigenvalue weighted by molar-refractivity contribution is 5.84. The van der Waals surface area contributed by atoms with E-state index in [9.17, 15) is 0 Å². The van der Waals surface area contributed by atoms with E-state index in [1.54, 1.807) is 7.11 Å². The van der Waals surface area contributed by atoms with E-state index in [0.717, 1.165) is 28.0 Å². The zero-order valence-corrected chi connectivity index (χ0v) is 10.4. The van der Waals surface area contributed by atoms with Gasteiger partial charge in [0.25, 0.3) is 0 Å². The minimum absolute atomic E-state index is 0.871. The molecule has 3 aromatic rings. The van der Waals surface area contributed by atoms with Gasteiger partial charge in [-0.3, -0.25) is 0 Å². The van der Waals surface area contributed by atoms with E-state index in [4.69, 9.17) is 4.74 Å². The van der Waals surface area contributed by atoms with Crippen LogP contribution in [-0.2, 0) is 7.05 Å². The van der Waals surface area contributed by atoms with Crippen molar-refractivity contribution in [1.29, 1.82) is 0 Å². The second-order valence-corrected chi connectivity index (χ2v) is 4.23. The molecule has 0 aliphatic rings. The first kappa shape index (κ1) is 10.8. The summed E-state index contributed by atoms with van der Waals surface area (Å²) in [6, 6.07) is 14.3. The Bertz CT molecular complexity index is 683. The lowest BCUT2D eigenvalue weighted by Gasteiger charge is -2.05. The van der Waals surface area contributed by atoms with Crippen LogP contribution in [0.4, 0.5) is 0 Å². The van der Waals surface area contributed by atoms with Gasteiger partial charge in [0.05, 0.1) is 12.8 Å². The number of rotatable bonds is 2. The molecule has 0 amide bonds. The van der Waals surface area contributed by atoms with Gasteiger partial charge in [0.1, 0.15) is 11.4 Å². The number of benzene rings is 1. The van der Waals surface area contributed by atoms with E-state index in [1.165, 1.54) is 0 Å². The van der Waals surface area contributed by atoms with E-state index in [0.29, 0.717) is 0 Å². The summed E-state index contributed by atoms with van der Waals surface area (Å²) in [4.78, 5) is 4.40. The van der Waals surface area contributed by atoms with Gasteiger partial charge in [-0.25, -0.2) is 4.98 Å². The normalized spacial score (nSPS) is 10.8. The fraction of sp³-hybridized carbons (Fsp3) is 0.133. The number of fused-ring (bicyclic) bond motifs is 1. The standard InChI is InChI=1S/C15H14N2O/c1-17-14(10-12-4-3-9-16-15(12)17)11-5-7-13(18-2)8-6-11/h3-10H,1-2H3. The highest BCUT2D eigenvalue weighted by Gasteiger charge is 2.08. The molecule has 0 saturated heterocycles. The topological polar surface area (TPSA) is 27.1 Å². The van der Waals surface area contributed by atoms with Gasteiger partial charge in [-0.15, -0.1) is 0 Å². The molecule has 0 N–H and O–H groups in total. The molecule has 0 saturated carbocycles. The molecule has 0 fully saturated rings. The molecule has 3 heteroatoms. The molecule has 0 aliphatic heterocycles. The lowest BCUT2D eigenvalue weighted by molar-refractivity contribution is 0.415. The Morgan fingerprint density at radius 1 is 1.11 bits per heavy atom. The number of aromatic nitrogens is 2. The van der Waals surface area contributed by atoms with Crippen LogP contribution >= 0.6 is 0 Å². The smallest absolute Gasteiger partial charge is 0.140 e. The zero-order chi connectivity index (χ0) is 12.5. The number of pyridine rings is 1. The summed E-state index contributed by atoms with van der Waals surface area (Å²) in [7, 11) is 3.71. The van der Waals surface area contributed by atoms with Crippen molar-refractivity contribution in [3.8, 4) is 17.0 Å². The fourth-order valence-corrected chi connectivity index (χ4v) is 2.20. The summed E-state index contributed by atoms with van der Waals surface area (Å²) in [6.45, 7) is 0. The van der Waals surface area contributed by atoms with E-state index in [1.807, 2.05) is 31.4 Å². The number of hydrogen-bond acceptors (Lipinski definition) is 2. The SMILES string of the molecule is COc1ccc(-c2cc3cccnc3n2C)cc1. The molecule has 0 aliphatic carbocycles. The molecule has 3 nitrogen and oxygen atoms in total. The number of hydrogen-bond donors (Lipinski definition) is 0. The van der Waals surface area contributed by atoms with Crippen LogP contribution in [0.3, 0.4) is 0 Å². The molecule has 0 spiro atoms. The van der Waals surface area contributed by atoms with Crippen molar-refractivity contribution in [3.63, 3.8) is 0 Å². The Hall–Kier alpha value is -2.29. The Balaban J connectivity index is 2.15. The summed E-state index contributed by atoms with van der Waals surface area (Å²) in [5.41, 5.74) is 3.32. The average Bonchev–Trinajstić information content (AvgIpc) is 2.77. The number of aryl methyl sites for hydroxylation is 1. The highest BCUT2D eigenvalue weighted by Crippen LogP contribution is 2.27. The van der Waals surface area contributed by atoms with E-state index >= 15 is 0 Å². The monoisotopic (exact) mass is 238 g/mol. The summed E-state index contributed by atoms with van der Waals surface area (Å²) < 4.78 is 7.28. The van der Waals surface area contributed by atoms with Crippen molar-refractivity contribution < 1.29 is 4.74 Å². The predicted molar refractivity (Wildman–Crippen MR) is 72.7 cm³/mol. The Morgan fingerprint density at radius 2 is 1.89 bits per heavy atom. The van der Waals surface area contributed by atoms with Crippen molar-refractivity contribution in [2.45, 2.75) is 0 Å². The molecule has 2 heterocycles. The molecular weight excluding hydrogens is 224 g/mol. The van der Waals surface area contributed by atoms with Gasteiger partial charge in [0.2, 0.25) is 0 Å². The second-order valence-electron chi connectivity index (χ2n) is 4.23. The van der Waals surface area contributed by atoms with Crippen LogP contribution in [0.1, 0.15) is 0 Å². The molecule has 1 aromatic carbocycles. The van der Waals surface area contributed by atoms with Gasteiger partial charge in [-0.2, -0.15) is 0 Å². The first-order valence-corrected chi connectivity index (χ1v) is 5.84. The summed E-state index contributed by atoms with van der Waals surface area (Å²) in [6.07, 6.45) is 1.82. The van der Waals surface area contributed by atoms with Gasteiger partial charge in [0.15, 0.2) is 0 Å². The molecule has 18 heavy (non-hydrogen) atoms. The highest BCUT2D eigenvalue weighted by atomic mass is 16.5. The van der Waals surface area contributed by atoms with Crippen molar-refractivity contribution in [2.75, 3.05) is 7.11 Å². The summed E-state index contributed by atoms with van der Waals surface area (Å²) in [5, 5.41) is 1.16. The third-order valence-electron chi connectivity index (χ3n) is 3.17. The van der Waals surface area contributed by atoms with Crippen LogP contribution in [0.2, 0.25) is 0 Å². The third kappa shape index (κ3) is 1.64. The number of ether oxygens (including phenoxy) is 1. The minimum Gasteiger partial charge on any atom is -0.497 e. The molecule has 2 aromatic heterocycles. The van der Waals surface area contributed by atoms with Crippen LogP contribution in [0, 0.1) is 0 Å². The van der Waals surface area contributed by atoms with Crippen LogP contribution in [0.15, 0.2) is 48.7 Å². The first-order valence-electron chi connectivity index (χ1n) is 5.84. The van der Waals surface area contributed by atoms with Crippen molar-refractivity contribution in [2.24, 2.45) is 7.05 Å². The second kappa shape index (κ2) is 4.18. The van der Waals surface area contributed by atoms with Crippen molar-refractivity contribution in [3.05, 3.63) is 48.7 Å². The van der Waals surface area contributed by atoms with E-state index < -0.39 is 0 Å². The maximum atomic E-state index is 5.18. The lowest BCUT2D eigenvalue weighted by Crippen LogP contribution is -1.92. The van der Waals surface area contributed by atoms with Crippen LogP contribution in [0.25, 0.3) is 22.3 Å². The zero-order valence-electron chi connectivity index (χ0n) is 10.4. The number of nitrogens with zero attached hydrogens (tertiary/aromatic N) is 2. The molecule has 0 atom stereocenters. The quantitative estimate of drug-likeness (QED) is 0.685. The fourth-order valence-electron chi connectivity index (χ4n) is 2.20. The van der Waals surface area contributed by atoms with Gasteiger partial charge < -0.3 is 9.30 Å². The molecule has 0 unspecified atom stereocenters. The van der Waals surface area contributed by atoms with Gasteiger partial charge in [-0.05, 0) is 48.0 Å². The summed E-state index contributed by atoms with van der Waals surface area (Å²) >= 11 is 0. The van der Waals surface area contributed by atoms with E-state index in [2.05, 4.69) is 33.8 Å². The van der Waals surface area contributed by atoms with Crippen LogP contribution in [-0.4, -0.2) is 16.7 Å². The Labute approximate surface area is 106 Å². The Morgan fingerprint density at radius 3 is 2.56 bits per heavy atom. The largest absolute Gasteiger partial charge is 0.497 e. The molecule has 90 valence electrons. The predicted octanol–water partition coefficient (Wildman–Crippen LogP) is 3.25.